The van der Waals surface area contributed by atoms with Crippen LogP contribution in [-0.2, 0) is 4.79 Å². The zero-order valence-corrected chi connectivity index (χ0v) is 13.3. The number of aliphatic hydroxyl groups excluding tert-OH is 1. The van der Waals surface area contributed by atoms with E-state index in [0.717, 1.165) is 49.7 Å². The molecule has 0 spiro atoms. The molecule has 0 aromatic carbocycles. The standard InChI is InChI=1S/C16H24N4O2/c1-11-10-15(18-12(2)17-11)19-6-8-20(9-7-19)16(22)13-4-3-5-14(13)21/h10,13-14,21H,3-9H2,1-2H3. The minimum Gasteiger partial charge on any atom is -0.392 e. The fourth-order valence-corrected chi connectivity index (χ4v) is 3.48. The smallest absolute Gasteiger partial charge is 0.228 e. The van der Waals surface area contributed by atoms with Gasteiger partial charge in [-0.25, -0.2) is 9.97 Å². The molecule has 2 unspecified atom stereocenters. The number of carbonyl (C=O) groups excluding carboxylic acids is 1. The molecular formula is C16H24N4O2. The summed E-state index contributed by atoms with van der Waals surface area (Å²) in [5.74, 6) is 1.66. The van der Waals surface area contributed by atoms with Crippen molar-refractivity contribution in [3.63, 3.8) is 0 Å². The summed E-state index contributed by atoms with van der Waals surface area (Å²) >= 11 is 0. The number of aromatic nitrogens is 2. The lowest BCUT2D eigenvalue weighted by atomic mass is 10.0. The van der Waals surface area contributed by atoms with Gasteiger partial charge in [0.25, 0.3) is 0 Å². The molecule has 1 aliphatic carbocycles. The van der Waals surface area contributed by atoms with Crippen LogP contribution in [0.15, 0.2) is 6.07 Å². The Bertz CT molecular complexity index is 535. The predicted octanol–water partition coefficient (Wildman–Crippen LogP) is 0.903. The Labute approximate surface area is 131 Å². The van der Waals surface area contributed by atoms with E-state index in [2.05, 4.69) is 14.9 Å². The summed E-state index contributed by atoms with van der Waals surface area (Å²) in [5, 5.41) is 9.91. The van der Waals surface area contributed by atoms with Gasteiger partial charge in [0, 0.05) is 37.9 Å². The number of carbonyl (C=O) groups is 1. The number of aliphatic hydroxyl groups is 1. The monoisotopic (exact) mass is 304 g/mol. The van der Waals surface area contributed by atoms with E-state index in [0.29, 0.717) is 13.1 Å². The molecule has 120 valence electrons. The Kier molecular flexibility index (Phi) is 4.29. The molecule has 1 saturated carbocycles. The van der Waals surface area contributed by atoms with Crippen LogP contribution in [0.2, 0.25) is 0 Å². The van der Waals surface area contributed by atoms with Gasteiger partial charge in [-0.3, -0.25) is 4.79 Å². The van der Waals surface area contributed by atoms with Gasteiger partial charge in [0.15, 0.2) is 0 Å². The van der Waals surface area contributed by atoms with Gasteiger partial charge < -0.3 is 14.9 Å². The van der Waals surface area contributed by atoms with Crippen molar-refractivity contribution in [3.05, 3.63) is 17.6 Å². The summed E-state index contributed by atoms with van der Waals surface area (Å²) in [4.78, 5) is 25.4. The molecule has 22 heavy (non-hydrogen) atoms. The highest BCUT2D eigenvalue weighted by atomic mass is 16.3. The highest BCUT2D eigenvalue weighted by Crippen LogP contribution is 2.28. The number of aryl methyl sites for hydroxylation is 2. The van der Waals surface area contributed by atoms with Crippen molar-refractivity contribution in [1.29, 1.82) is 0 Å². The largest absolute Gasteiger partial charge is 0.392 e. The highest BCUT2D eigenvalue weighted by Gasteiger charge is 2.35. The molecule has 1 amide bonds. The third kappa shape index (κ3) is 3.06. The Morgan fingerprint density at radius 2 is 1.91 bits per heavy atom. The number of nitrogens with zero attached hydrogens (tertiary/aromatic N) is 4. The van der Waals surface area contributed by atoms with Crippen molar-refractivity contribution >= 4 is 11.7 Å². The van der Waals surface area contributed by atoms with Crippen molar-refractivity contribution in [1.82, 2.24) is 14.9 Å². The summed E-state index contributed by atoms with van der Waals surface area (Å²) in [6.07, 6.45) is 2.09. The highest BCUT2D eigenvalue weighted by molar-refractivity contribution is 5.80. The molecule has 3 rings (SSSR count). The molecular weight excluding hydrogens is 280 g/mol. The maximum Gasteiger partial charge on any atom is 0.228 e. The third-order valence-electron chi connectivity index (χ3n) is 4.66. The summed E-state index contributed by atoms with van der Waals surface area (Å²) in [6, 6.07) is 1.99. The van der Waals surface area contributed by atoms with E-state index in [1.54, 1.807) is 0 Å². The second-order valence-corrected chi connectivity index (χ2v) is 6.33. The van der Waals surface area contributed by atoms with Crippen molar-refractivity contribution in [3.8, 4) is 0 Å². The first-order valence-electron chi connectivity index (χ1n) is 8.08. The van der Waals surface area contributed by atoms with E-state index in [4.69, 9.17) is 0 Å². The number of hydrogen-bond acceptors (Lipinski definition) is 5. The van der Waals surface area contributed by atoms with Crippen molar-refractivity contribution in [2.75, 3.05) is 31.1 Å². The lowest BCUT2D eigenvalue weighted by Crippen LogP contribution is -2.51. The van der Waals surface area contributed by atoms with E-state index in [1.165, 1.54) is 0 Å². The van der Waals surface area contributed by atoms with Gasteiger partial charge in [-0.15, -0.1) is 0 Å². The van der Waals surface area contributed by atoms with Gasteiger partial charge >= 0.3 is 0 Å². The number of piperazine rings is 1. The van der Waals surface area contributed by atoms with Gasteiger partial charge in [0.05, 0.1) is 12.0 Å². The molecule has 1 aliphatic heterocycles. The van der Waals surface area contributed by atoms with Gasteiger partial charge in [-0.05, 0) is 33.1 Å². The molecule has 2 atom stereocenters. The van der Waals surface area contributed by atoms with Gasteiger partial charge in [-0.1, -0.05) is 0 Å². The third-order valence-corrected chi connectivity index (χ3v) is 4.66. The van der Waals surface area contributed by atoms with E-state index < -0.39 is 6.10 Å². The molecule has 2 aliphatic rings. The average molecular weight is 304 g/mol. The topological polar surface area (TPSA) is 69.6 Å². The summed E-state index contributed by atoms with van der Waals surface area (Å²) < 4.78 is 0. The maximum absolute atomic E-state index is 12.5. The molecule has 0 bridgehead atoms. The number of hydrogen-bond donors (Lipinski definition) is 1. The fourth-order valence-electron chi connectivity index (χ4n) is 3.48. The minimum atomic E-state index is -0.447. The van der Waals surface area contributed by atoms with Crippen LogP contribution in [0.1, 0.15) is 30.8 Å². The van der Waals surface area contributed by atoms with Crippen LogP contribution in [0.3, 0.4) is 0 Å². The first kappa shape index (κ1) is 15.2. The minimum absolute atomic E-state index is 0.125. The normalized spacial score (nSPS) is 25.6. The zero-order chi connectivity index (χ0) is 15.7. The van der Waals surface area contributed by atoms with Crippen LogP contribution in [0.25, 0.3) is 0 Å². The Morgan fingerprint density at radius 1 is 1.18 bits per heavy atom. The molecule has 2 heterocycles. The van der Waals surface area contributed by atoms with Crippen LogP contribution in [0.4, 0.5) is 5.82 Å². The molecule has 0 radical (unpaired) electrons. The summed E-state index contributed by atoms with van der Waals surface area (Å²) in [7, 11) is 0. The van der Waals surface area contributed by atoms with Crippen LogP contribution in [-0.4, -0.2) is 58.2 Å². The zero-order valence-electron chi connectivity index (χ0n) is 13.3. The first-order valence-corrected chi connectivity index (χ1v) is 8.08. The first-order chi connectivity index (χ1) is 10.5. The van der Waals surface area contributed by atoms with Crippen molar-refractivity contribution in [2.45, 2.75) is 39.2 Å². The Hall–Kier alpha value is -1.69. The lowest BCUT2D eigenvalue weighted by molar-refractivity contribution is -0.138. The molecule has 2 fully saturated rings. The number of anilines is 1. The molecule has 1 aromatic heterocycles. The van der Waals surface area contributed by atoms with E-state index in [9.17, 15) is 9.90 Å². The summed E-state index contributed by atoms with van der Waals surface area (Å²) in [5.41, 5.74) is 0.968. The predicted molar refractivity (Wildman–Crippen MR) is 83.6 cm³/mol. The number of rotatable bonds is 2. The maximum atomic E-state index is 12.5. The lowest BCUT2D eigenvalue weighted by Gasteiger charge is -2.37. The van der Waals surface area contributed by atoms with Crippen LogP contribution in [0, 0.1) is 19.8 Å². The van der Waals surface area contributed by atoms with Crippen molar-refractivity contribution < 1.29 is 9.90 Å². The van der Waals surface area contributed by atoms with Crippen LogP contribution < -0.4 is 4.90 Å². The van der Waals surface area contributed by atoms with Gasteiger partial charge in [-0.2, -0.15) is 0 Å². The van der Waals surface area contributed by atoms with Gasteiger partial charge in [0.2, 0.25) is 5.91 Å². The quantitative estimate of drug-likeness (QED) is 0.879. The molecule has 6 heteroatoms. The van der Waals surface area contributed by atoms with Gasteiger partial charge in [0.1, 0.15) is 11.6 Å². The van der Waals surface area contributed by atoms with Crippen LogP contribution >= 0.6 is 0 Å². The van der Waals surface area contributed by atoms with Crippen LogP contribution in [0.5, 0.6) is 0 Å². The second-order valence-electron chi connectivity index (χ2n) is 6.33. The molecule has 1 saturated heterocycles. The number of amides is 1. The average Bonchev–Trinajstić information content (AvgIpc) is 2.92. The van der Waals surface area contributed by atoms with E-state index in [1.807, 2.05) is 24.8 Å². The second kappa shape index (κ2) is 6.20. The Morgan fingerprint density at radius 3 is 2.50 bits per heavy atom. The summed E-state index contributed by atoms with van der Waals surface area (Å²) in [6.45, 7) is 6.83. The molecule has 1 aromatic rings. The van der Waals surface area contributed by atoms with E-state index in [-0.39, 0.29) is 11.8 Å². The van der Waals surface area contributed by atoms with Crippen molar-refractivity contribution in [2.24, 2.45) is 5.92 Å². The van der Waals surface area contributed by atoms with E-state index >= 15 is 0 Å². The fraction of sp³-hybridized carbons (Fsp3) is 0.688. The molecule has 1 N–H and O–H groups in total. The Balaban J connectivity index is 1.61. The molecule has 6 nitrogen and oxygen atoms in total. The SMILES string of the molecule is Cc1cc(N2CCN(C(=O)C3CCCC3O)CC2)nc(C)n1.